The summed E-state index contributed by atoms with van der Waals surface area (Å²) in [6.45, 7) is 11.7. The molecule has 0 aromatic heterocycles. The SMILES string of the molecule is CCN1C2=C(C(=O)CC(C)(C)C2)C(c2ccc(N(C)C)cc2)C2=C1CC(C)(C)CC2=O. The minimum absolute atomic E-state index is 0.0606. The van der Waals surface area contributed by atoms with Crippen LogP contribution in [0.25, 0.3) is 0 Å². The molecule has 0 atom stereocenters. The molecule has 1 heterocycles. The maximum Gasteiger partial charge on any atom is 0.162 e. The molecule has 0 amide bonds. The predicted octanol–water partition coefficient (Wildman–Crippen LogP) is 5.46. The summed E-state index contributed by atoms with van der Waals surface area (Å²) in [6, 6.07) is 8.40. The van der Waals surface area contributed by atoms with Crippen LogP contribution in [0.5, 0.6) is 0 Å². The number of Topliss-reactive ketones (excluding diaryl/α,β-unsaturated/α-hetero) is 2. The number of anilines is 1. The molecule has 31 heavy (non-hydrogen) atoms. The highest BCUT2D eigenvalue weighted by Crippen LogP contribution is 2.54. The van der Waals surface area contributed by atoms with Gasteiger partial charge >= 0.3 is 0 Å². The van der Waals surface area contributed by atoms with E-state index in [-0.39, 0.29) is 28.3 Å². The maximum absolute atomic E-state index is 13.5. The Morgan fingerprint density at radius 1 is 0.839 bits per heavy atom. The molecule has 1 aromatic rings. The largest absolute Gasteiger partial charge is 0.378 e. The Labute approximate surface area is 187 Å². The van der Waals surface area contributed by atoms with Crippen LogP contribution in [0.4, 0.5) is 5.69 Å². The Balaban J connectivity index is 1.95. The number of carbonyl (C=O) groups excluding carboxylic acids is 2. The fourth-order valence-electron chi connectivity index (χ4n) is 5.73. The Morgan fingerprint density at radius 3 is 1.68 bits per heavy atom. The lowest BCUT2D eigenvalue weighted by Gasteiger charge is -2.48. The van der Waals surface area contributed by atoms with Gasteiger partial charge < -0.3 is 9.80 Å². The molecule has 166 valence electrons. The summed E-state index contributed by atoms with van der Waals surface area (Å²) in [6.07, 6.45) is 2.83. The number of rotatable bonds is 3. The fraction of sp³-hybridized carbons (Fsp3) is 0.556. The van der Waals surface area contributed by atoms with Crippen molar-refractivity contribution < 1.29 is 9.59 Å². The zero-order chi connectivity index (χ0) is 22.7. The van der Waals surface area contributed by atoms with Crippen LogP contribution in [-0.4, -0.2) is 37.1 Å². The van der Waals surface area contributed by atoms with Crippen LogP contribution >= 0.6 is 0 Å². The molecule has 2 aliphatic carbocycles. The number of hydrogen-bond donors (Lipinski definition) is 0. The third kappa shape index (κ3) is 3.75. The summed E-state index contributed by atoms with van der Waals surface area (Å²) in [7, 11) is 4.05. The number of allylic oxidation sites excluding steroid dienone is 4. The Hall–Kier alpha value is -2.36. The van der Waals surface area contributed by atoms with E-state index in [1.54, 1.807) is 0 Å². The molecule has 0 bridgehead atoms. The van der Waals surface area contributed by atoms with Gasteiger partial charge in [0, 0.05) is 67.6 Å². The second-order valence-corrected chi connectivity index (χ2v) is 11.3. The summed E-state index contributed by atoms with van der Waals surface area (Å²) in [5.41, 5.74) is 6.08. The highest BCUT2D eigenvalue weighted by molar-refractivity contribution is 6.06. The molecule has 0 radical (unpaired) electrons. The fourth-order valence-corrected chi connectivity index (χ4v) is 5.73. The van der Waals surface area contributed by atoms with Crippen molar-refractivity contribution in [2.24, 2.45) is 10.8 Å². The van der Waals surface area contributed by atoms with E-state index in [9.17, 15) is 9.59 Å². The lowest BCUT2D eigenvalue weighted by molar-refractivity contribution is -0.119. The third-order valence-corrected chi connectivity index (χ3v) is 7.08. The highest BCUT2D eigenvalue weighted by atomic mass is 16.1. The van der Waals surface area contributed by atoms with Crippen molar-refractivity contribution in [3.8, 4) is 0 Å². The van der Waals surface area contributed by atoms with Crippen LogP contribution < -0.4 is 4.90 Å². The van der Waals surface area contributed by atoms with Crippen molar-refractivity contribution >= 4 is 17.3 Å². The number of ketones is 2. The average molecular weight is 421 g/mol. The molecular formula is C27H36N2O2. The summed E-state index contributed by atoms with van der Waals surface area (Å²) in [5, 5.41) is 0. The van der Waals surface area contributed by atoms with Crippen LogP contribution in [0.2, 0.25) is 0 Å². The normalized spacial score (nSPS) is 23.1. The third-order valence-electron chi connectivity index (χ3n) is 7.08. The first-order valence-electron chi connectivity index (χ1n) is 11.5. The van der Waals surface area contributed by atoms with Gasteiger partial charge in [-0.25, -0.2) is 0 Å². The number of carbonyl (C=O) groups is 2. The van der Waals surface area contributed by atoms with E-state index in [2.05, 4.69) is 68.7 Å². The molecule has 0 unspecified atom stereocenters. The van der Waals surface area contributed by atoms with Crippen molar-refractivity contribution in [2.75, 3.05) is 25.5 Å². The zero-order valence-corrected chi connectivity index (χ0v) is 20.1. The van der Waals surface area contributed by atoms with Gasteiger partial charge in [-0.1, -0.05) is 39.8 Å². The topological polar surface area (TPSA) is 40.6 Å². The number of nitrogens with zero attached hydrogens (tertiary/aromatic N) is 2. The Kier molecular flexibility index (Phi) is 5.19. The summed E-state index contributed by atoms with van der Waals surface area (Å²) >= 11 is 0. The number of benzene rings is 1. The van der Waals surface area contributed by atoms with Gasteiger partial charge in [0.15, 0.2) is 11.6 Å². The molecule has 3 aliphatic rings. The molecule has 1 aromatic carbocycles. The molecular weight excluding hydrogens is 384 g/mol. The molecule has 0 saturated carbocycles. The van der Waals surface area contributed by atoms with Gasteiger partial charge in [0.25, 0.3) is 0 Å². The van der Waals surface area contributed by atoms with Gasteiger partial charge in [0.1, 0.15) is 0 Å². The van der Waals surface area contributed by atoms with Crippen molar-refractivity contribution in [3.05, 3.63) is 52.4 Å². The minimum Gasteiger partial charge on any atom is -0.378 e. The molecule has 0 N–H and O–H groups in total. The van der Waals surface area contributed by atoms with E-state index in [0.29, 0.717) is 12.8 Å². The first-order valence-corrected chi connectivity index (χ1v) is 11.5. The quantitative estimate of drug-likeness (QED) is 0.651. The summed E-state index contributed by atoms with van der Waals surface area (Å²) < 4.78 is 0. The zero-order valence-electron chi connectivity index (χ0n) is 20.1. The molecule has 0 fully saturated rings. The first-order chi connectivity index (χ1) is 14.4. The smallest absolute Gasteiger partial charge is 0.162 e. The molecule has 1 aliphatic heterocycles. The van der Waals surface area contributed by atoms with Crippen LogP contribution in [0, 0.1) is 10.8 Å². The van der Waals surface area contributed by atoms with Gasteiger partial charge in [0.2, 0.25) is 0 Å². The van der Waals surface area contributed by atoms with Gasteiger partial charge in [-0.2, -0.15) is 0 Å². The standard InChI is InChI=1S/C27H36N2O2/c1-8-29-19-13-26(2,3)15-21(30)24(19)23(17-9-11-18(12-10-17)28(6)7)25-20(29)14-27(4,5)16-22(25)31/h9-12,23H,8,13-16H2,1-7H3. The second-order valence-electron chi connectivity index (χ2n) is 11.3. The molecule has 0 spiro atoms. The monoisotopic (exact) mass is 420 g/mol. The van der Waals surface area contributed by atoms with Crippen LogP contribution in [-0.2, 0) is 9.59 Å². The van der Waals surface area contributed by atoms with Crippen LogP contribution in [0.15, 0.2) is 46.8 Å². The van der Waals surface area contributed by atoms with Crippen molar-refractivity contribution in [1.29, 1.82) is 0 Å². The molecule has 0 saturated heterocycles. The second kappa shape index (κ2) is 7.36. The Morgan fingerprint density at radius 2 is 1.29 bits per heavy atom. The molecule has 4 nitrogen and oxygen atoms in total. The Bertz CT molecular complexity index is 939. The lowest BCUT2D eigenvalue weighted by atomic mass is 9.63. The van der Waals surface area contributed by atoms with Gasteiger partial charge in [-0.15, -0.1) is 0 Å². The van der Waals surface area contributed by atoms with Crippen LogP contribution in [0.1, 0.15) is 71.8 Å². The highest BCUT2D eigenvalue weighted by Gasteiger charge is 2.48. The minimum atomic E-state index is -0.240. The van der Waals surface area contributed by atoms with Crippen molar-refractivity contribution in [3.63, 3.8) is 0 Å². The molecule has 4 heteroatoms. The van der Waals surface area contributed by atoms with Crippen LogP contribution in [0.3, 0.4) is 0 Å². The van der Waals surface area contributed by atoms with Crippen molar-refractivity contribution in [1.82, 2.24) is 4.90 Å². The lowest BCUT2D eigenvalue weighted by Crippen LogP contribution is -2.44. The van der Waals surface area contributed by atoms with E-state index in [0.717, 1.165) is 53.2 Å². The first kappa shape index (κ1) is 21.9. The summed E-state index contributed by atoms with van der Waals surface area (Å²) in [4.78, 5) is 31.5. The van der Waals surface area contributed by atoms with Gasteiger partial charge in [-0.05, 0) is 48.3 Å². The van der Waals surface area contributed by atoms with E-state index < -0.39 is 0 Å². The van der Waals surface area contributed by atoms with Gasteiger partial charge in [0.05, 0.1) is 0 Å². The number of hydrogen-bond acceptors (Lipinski definition) is 4. The van der Waals surface area contributed by atoms with E-state index >= 15 is 0 Å². The van der Waals surface area contributed by atoms with Gasteiger partial charge in [-0.3, -0.25) is 9.59 Å². The van der Waals surface area contributed by atoms with Crippen molar-refractivity contribution in [2.45, 2.75) is 66.2 Å². The average Bonchev–Trinajstić information content (AvgIpc) is 2.64. The van der Waals surface area contributed by atoms with E-state index in [1.165, 1.54) is 0 Å². The predicted molar refractivity (Wildman–Crippen MR) is 126 cm³/mol. The summed E-state index contributed by atoms with van der Waals surface area (Å²) in [5.74, 6) is 0.169. The van der Waals surface area contributed by atoms with E-state index in [1.807, 2.05) is 14.1 Å². The maximum atomic E-state index is 13.5. The molecule has 4 rings (SSSR count). The van der Waals surface area contributed by atoms with E-state index in [4.69, 9.17) is 0 Å².